The van der Waals surface area contributed by atoms with Gasteiger partial charge in [0.1, 0.15) is 0 Å². The Kier molecular flexibility index (Phi) is 5.77. The molecule has 0 heterocycles. The fourth-order valence-electron chi connectivity index (χ4n) is 3.35. The van der Waals surface area contributed by atoms with Crippen LogP contribution in [0.2, 0.25) is 0 Å². The lowest BCUT2D eigenvalue weighted by Crippen LogP contribution is -2.36. The second kappa shape index (κ2) is 7.59. The molecule has 126 valence electrons. The first-order valence-electron chi connectivity index (χ1n) is 8.32. The number of carbonyl (C=O) groups is 2. The highest BCUT2D eigenvalue weighted by atomic mass is 16.2. The Labute approximate surface area is 138 Å². The fraction of sp³-hybridized carbons (Fsp3) is 0.556. The molecular formula is C18H27N3O2. The molecule has 1 aromatic carbocycles. The molecule has 1 aliphatic carbocycles. The van der Waals surface area contributed by atoms with Crippen LogP contribution in [0.4, 0.5) is 11.4 Å². The van der Waals surface area contributed by atoms with Gasteiger partial charge >= 0.3 is 0 Å². The topological polar surface area (TPSA) is 84.2 Å². The van der Waals surface area contributed by atoms with Crippen molar-refractivity contribution in [3.8, 4) is 0 Å². The van der Waals surface area contributed by atoms with Gasteiger partial charge in [0.15, 0.2) is 0 Å². The minimum Gasteiger partial charge on any atom is -0.330 e. The van der Waals surface area contributed by atoms with Crippen LogP contribution < -0.4 is 16.4 Å². The second-order valence-corrected chi connectivity index (χ2v) is 6.72. The van der Waals surface area contributed by atoms with Gasteiger partial charge in [-0.05, 0) is 49.4 Å². The third-order valence-corrected chi connectivity index (χ3v) is 4.64. The van der Waals surface area contributed by atoms with Gasteiger partial charge in [0.2, 0.25) is 11.8 Å². The number of hydrogen-bond donors (Lipinski definition) is 3. The van der Waals surface area contributed by atoms with Crippen molar-refractivity contribution in [1.82, 2.24) is 0 Å². The van der Waals surface area contributed by atoms with E-state index in [0.717, 1.165) is 31.2 Å². The highest BCUT2D eigenvalue weighted by molar-refractivity contribution is 5.99. The van der Waals surface area contributed by atoms with E-state index in [9.17, 15) is 9.59 Å². The summed E-state index contributed by atoms with van der Waals surface area (Å²) in [5.74, 6) is -0.190. The van der Waals surface area contributed by atoms with E-state index in [4.69, 9.17) is 5.73 Å². The van der Waals surface area contributed by atoms with Crippen molar-refractivity contribution in [2.45, 2.75) is 52.4 Å². The van der Waals surface area contributed by atoms with E-state index >= 15 is 0 Å². The largest absolute Gasteiger partial charge is 0.330 e. The molecule has 0 radical (unpaired) electrons. The zero-order chi connectivity index (χ0) is 16.9. The summed E-state index contributed by atoms with van der Waals surface area (Å²) >= 11 is 0. The molecule has 0 saturated heterocycles. The molecule has 1 fully saturated rings. The van der Waals surface area contributed by atoms with Crippen LogP contribution in [0.25, 0.3) is 0 Å². The summed E-state index contributed by atoms with van der Waals surface area (Å²) in [6.07, 6.45) is 6.00. The first-order valence-corrected chi connectivity index (χ1v) is 8.32. The number of anilines is 2. The number of benzene rings is 1. The van der Waals surface area contributed by atoms with Crippen LogP contribution in [-0.2, 0) is 9.59 Å². The van der Waals surface area contributed by atoms with Gasteiger partial charge in [0, 0.05) is 13.3 Å². The normalized spacial score (nSPS) is 16.7. The number of hydrogen-bond acceptors (Lipinski definition) is 3. The minimum atomic E-state index is -0.157. The maximum absolute atomic E-state index is 12.5. The average Bonchev–Trinajstić information content (AvgIpc) is 2.50. The van der Waals surface area contributed by atoms with Gasteiger partial charge < -0.3 is 16.4 Å². The van der Waals surface area contributed by atoms with E-state index in [-0.39, 0.29) is 17.2 Å². The standard InChI is InChI=1S/C18H27N3O2/c1-13-6-7-15(20-14(2)22)16(10-13)21-17(23)11-18(12-19)8-4-3-5-9-18/h6-7,10H,3-5,8-9,11-12,19H2,1-2H3,(H,20,22)(H,21,23). The second-order valence-electron chi connectivity index (χ2n) is 6.72. The van der Waals surface area contributed by atoms with E-state index in [0.29, 0.717) is 24.3 Å². The van der Waals surface area contributed by atoms with Crippen molar-refractivity contribution < 1.29 is 9.59 Å². The lowest BCUT2D eigenvalue weighted by Gasteiger charge is -2.35. The van der Waals surface area contributed by atoms with Crippen LogP contribution >= 0.6 is 0 Å². The quantitative estimate of drug-likeness (QED) is 0.779. The molecule has 0 atom stereocenters. The van der Waals surface area contributed by atoms with Crippen molar-refractivity contribution in [2.24, 2.45) is 11.1 Å². The molecule has 2 amide bonds. The summed E-state index contributed by atoms with van der Waals surface area (Å²) < 4.78 is 0. The number of amides is 2. The van der Waals surface area contributed by atoms with Crippen LogP contribution in [-0.4, -0.2) is 18.4 Å². The number of rotatable bonds is 5. The van der Waals surface area contributed by atoms with E-state index in [1.807, 2.05) is 25.1 Å². The zero-order valence-corrected chi connectivity index (χ0v) is 14.1. The Bertz CT molecular complexity index is 578. The van der Waals surface area contributed by atoms with E-state index in [1.165, 1.54) is 13.3 Å². The van der Waals surface area contributed by atoms with Crippen LogP contribution in [0.15, 0.2) is 18.2 Å². The van der Waals surface area contributed by atoms with Crippen molar-refractivity contribution in [3.05, 3.63) is 23.8 Å². The number of carbonyl (C=O) groups excluding carboxylic acids is 2. The van der Waals surface area contributed by atoms with E-state index in [1.54, 1.807) is 0 Å². The first kappa shape index (κ1) is 17.5. The van der Waals surface area contributed by atoms with Crippen LogP contribution in [0.3, 0.4) is 0 Å². The van der Waals surface area contributed by atoms with Gasteiger partial charge in [-0.1, -0.05) is 25.3 Å². The molecule has 0 aliphatic heterocycles. The lowest BCUT2D eigenvalue weighted by atomic mass is 9.71. The molecule has 1 saturated carbocycles. The SMILES string of the molecule is CC(=O)Nc1ccc(C)cc1NC(=O)CC1(CN)CCCCC1. The summed E-state index contributed by atoms with van der Waals surface area (Å²) in [6, 6.07) is 5.59. The van der Waals surface area contributed by atoms with Crippen molar-refractivity contribution in [1.29, 1.82) is 0 Å². The van der Waals surface area contributed by atoms with Gasteiger partial charge in [0.05, 0.1) is 11.4 Å². The Morgan fingerprint density at radius 1 is 1.13 bits per heavy atom. The molecule has 5 nitrogen and oxygen atoms in total. The van der Waals surface area contributed by atoms with Crippen molar-refractivity contribution in [2.75, 3.05) is 17.2 Å². The van der Waals surface area contributed by atoms with Gasteiger partial charge in [0.25, 0.3) is 0 Å². The highest BCUT2D eigenvalue weighted by Gasteiger charge is 2.33. The molecule has 0 bridgehead atoms. The maximum Gasteiger partial charge on any atom is 0.225 e. The molecule has 4 N–H and O–H groups in total. The Hall–Kier alpha value is -1.88. The summed E-state index contributed by atoms with van der Waals surface area (Å²) in [4.78, 5) is 23.8. The van der Waals surface area contributed by atoms with Crippen LogP contribution in [0.1, 0.15) is 51.0 Å². The molecule has 0 unspecified atom stereocenters. The first-order chi connectivity index (χ1) is 10.9. The van der Waals surface area contributed by atoms with Crippen molar-refractivity contribution in [3.63, 3.8) is 0 Å². The summed E-state index contributed by atoms with van der Waals surface area (Å²) in [5.41, 5.74) is 8.20. The summed E-state index contributed by atoms with van der Waals surface area (Å²) in [6.45, 7) is 3.96. The number of nitrogens with two attached hydrogens (primary N) is 1. The van der Waals surface area contributed by atoms with E-state index < -0.39 is 0 Å². The average molecular weight is 317 g/mol. The van der Waals surface area contributed by atoms with E-state index in [2.05, 4.69) is 10.6 Å². The lowest BCUT2D eigenvalue weighted by molar-refractivity contribution is -0.119. The van der Waals surface area contributed by atoms with Crippen molar-refractivity contribution >= 4 is 23.2 Å². The fourth-order valence-corrected chi connectivity index (χ4v) is 3.35. The predicted octanol–water partition coefficient (Wildman–Crippen LogP) is 3.19. The van der Waals surface area contributed by atoms with Gasteiger partial charge in [-0.2, -0.15) is 0 Å². The minimum absolute atomic E-state index is 0.0328. The number of aryl methyl sites for hydroxylation is 1. The summed E-state index contributed by atoms with van der Waals surface area (Å²) in [7, 11) is 0. The molecule has 23 heavy (non-hydrogen) atoms. The Morgan fingerprint density at radius 3 is 2.43 bits per heavy atom. The smallest absolute Gasteiger partial charge is 0.225 e. The van der Waals surface area contributed by atoms with Crippen LogP contribution in [0, 0.1) is 12.3 Å². The molecule has 0 spiro atoms. The molecule has 1 aromatic rings. The Balaban J connectivity index is 2.10. The maximum atomic E-state index is 12.5. The molecule has 2 rings (SSSR count). The molecular weight excluding hydrogens is 290 g/mol. The monoisotopic (exact) mass is 317 g/mol. The highest BCUT2D eigenvalue weighted by Crippen LogP contribution is 2.38. The van der Waals surface area contributed by atoms with Crippen LogP contribution in [0.5, 0.6) is 0 Å². The molecule has 0 aromatic heterocycles. The van der Waals surface area contributed by atoms with Gasteiger partial charge in [-0.25, -0.2) is 0 Å². The summed E-state index contributed by atoms with van der Waals surface area (Å²) in [5, 5.41) is 5.71. The molecule has 1 aliphatic rings. The Morgan fingerprint density at radius 2 is 1.83 bits per heavy atom. The van der Waals surface area contributed by atoms with Gasteiger partial charge in [-0.15, -0.1) is 0 Å². The number of nitrogens with one attached hydrogen (secondary N) is 2. The predicted molar refractivity (Wildman–Crippen MR) is 93.3 cm³/mol. The zero-order valence-electron chi connectivity index (χ0n) is 14.1. The molecule has 5 heteroatoms. The third-order valence-electron chi connectivity index (χ3n) is 4.64. The van der Waals surface area contributed by atoms with Gasteiger partial charge in [-0.3, -0.25) is 9.59 Å². The third kappa shape index (κ3) is 4.79.